The van der Waals surface area contributed by atoms with Crippen LogP contribution in [-0.2, 0) is 15.0 Å². The van der Waals surface area contributed by atoms with Crippen LogP contribution in [0.1, 0.15) is 30.0 Å². The molecule has 3 rings (SSSR count). The molecule has 0 saturated carbocycles. The van der Waals surface area contributed by atoms with Crippen LogP contribution >= 0.6 is 0 Å². The number of aliphatic carboxylic acids is 1. The monoisotopic (exact) mass is 374 g/mol. The van der Waals surface area contributed by atoms with Crippen LogP contribution in [0.15, 0.2) is 48.5 Å². The Morgan fingerprint density at radius 3 is 1.89 bits per heavy atom. The molecule has 7 heteroatoms. The zero-order valence-corrected chi connectivity index (χ0v) is 14.6. The van der Waals surface area contributed by atoms with Crippen LogP contribution < -0.4 is 5.73 Å². The van der Waals surface area contributed by atoms with E-state index in [9.17, 15) is 23.5 Å². The maximum atomic E-state index is 13.2. The van der Waals surface area contributed by atoms with Crippen LogP contribution in [0.2, 0.25) is 0 Å². The number of carboxylic acid groups (broad SMARTS) is 1. The Morgan fingerprint density at radius 1 is 0.963 bits per heavy atom. The van der Waals surface area contributed by atoms with E-state index in [1.807, 2.05) is 0 Å². The van der Waals surface area contributed by atoms with Crippen molar-refractivity contribution in [2.24, 2.45) is 5.73 Å². The fraction of sp³-hybridized carbons (Fsp3) is 0.300. The minimum absolute atomic E-state index is 0.249. The van der Waals surface area contributed by atoms with E-state index in [4.69, 9.17) is 5.73 Å². The third-order valence-electron chi connectivity index (χ3n) is 5.28. The Labute approximate surface area is 155 Å². The lowest BCUT2D eigenvalue weighted by Crippen LogP contribution is -2.50. The molecule has 1 saturated heterocycles. The molecule has 1 unspecified atom stereocenters. The second-order valence-corrected chi connectivity index (χ2v) is 6.79. The summed E-state index contributed by atoms with van der Waals surface area (Å²) in [6, 6.07) is 10.2. The lowest BCUT2D eigenvalue weighted by atomic mass is 9.72. The van der Waals surface area contributed by atoms with Crippen molar-refractivity contribution in [3.63, 3.8) is 0 Å². The highest BCUT2D eigenvalue weighted by Crippen LogP contribution is 2.38. The van der Waals surface area contributed by atoms with Crippen LogP contribution in [0.5, 0.6) is 0 Å². The molecule has 0 spiro atoms. The maximum Gasteiger partial charge on any atom is 0.314 e. The molecule has 0 aromatic heterocycles. The largest absolute Gasteiger partial charge is 0.481 e. The van der Waals surface area contributed by atoms with Gasteiger partial charge in [0.1, 0.15) is 17.7 Å². The molecule has 0 radical (unpaired) electrons. The number of hydrogen-bond acceptors (Lipinski definition) is 3. The molecular weight excluding hydrogens is 354 g/mol. The highest BCUT2D eigenvalue weighted by atomic mass is 19.1. The lowest BCUT2D eigenvalue weighted by Gasteiger charge is -2.41. The van der Waals surface area contributed by atoms with Crippen molar-refractivity contribution in [3.05, 3.63) is 71.3 Å². The fourth-order valence-electron chi connectivity index (χ4n) is 3.76. The maximum absolute atomic E-state index is 13.2. The van der Waals surface area contributed by atoms with Gasteiger partial charge in [-0.3, -0.25) is 14.5 Å². The zero-order chi connectivity index (χ0) is 19.6. The summed E-state index contributed by atoms with van der Waals surface area (Å²) in [6.45, 7) is 0.628. The van der Waals surface area contributed by atoms with Gasteiger partial charge in [-0.15, -0.1) is 0 Å². The van der Waals surface area contributed by atoms with Gasteiger partial charge in [-0.2, -0.15) is 0 Å². The number of halogens is 2. The predicted octanol–water partition coefficient (Wildman–Crippen LogP) is 2.61. The number of piperidine rings is 1. The van der Waals surface area contributed by atoms with Gasteiger partial charge in [0.25, 0.3) is 0 Å². The lowest BCUT2D eigenvalue weighted by molar-refractivity contribution is -0.146. The highest BCUT2D eigenvalue weighted by Gasteiger charge is 2.44. The number of amides is 1. The number of carbonyl (C=O) groups excluding carboxylic acids is 1. The molecule has 1 amide bonds. The molecule has 2 aromatic rings. The van der Waals surface area contributed by atoms with Gasteiger partial charge in [-0.25, -0.2) is 8.78 Å². The average Bonchev–Trinajstić information content (AvgIpc) is 2.64. The summed E-state index contributed by atoms with van der Waals surface area (Å²) < 4.78 is 26.4. The van der Waals surface area contributed by atoms with Crippen LogP contribution in [0.4, 0.5) is 8.78 Å². The molecule has 1 aliphatic heterocycles. The SMILES string of the molecule is NC(=O)C(c1ccc(F)cc1)N1CCC(C(=O)O)(c2ccc(F)cc2)CC1. The molecule has 5 nitrogen and oxygen atoms in total. The average molecular weight is 374 g/mol. The first-order valence-electron chi connectivity index (χ1n) is 8.62. The Balaban J connectivity index is 1.84. The number of benzene rings is 2. The standard InChI is InChI=1S/C20H20F2N2O3/c21-15-5-1-13(2-6-15)17(18(23)25)24-11-9-20(10-12-24,19(26)27)14-3-7-16(22)8-4-14/h1-8,17H,9-12H2,(H2,23,25)(H,26,27). The number of likely N-dealkylation sites (tertiary alicyclic amines) is 1. The number of carbonyl (C=O) groups is 2. The second kappa shape index (κ2) is 7.44. The van der Waals surface area contributed by atoms with E-state index in [-0.39, 0.29) is 12.8 Å². The Morgan fingerprint density at radius 2 is 1.44 bits per heavy atom. The Hall–Kier alpha value is -2.80. The molecule has 1 atom stereocenters. The quantitative estimate of drug-likeness (QED) is 0.843. The smallest absolute Gasteiger partial charge is 0.314 e. The molecule has 0 bridgehead atoms. The van der Waals surface area contributed by atoms with Crippen LogP contribution in [0, 0.1) is 11.6 Å². The first-order chi connectivity index (χ1) is 12.8. The highest BCUT2D eigenvalue weighted by molar-refractivity contribution is 5.83. The molecule has 1 fully saturated rings. The van der Waals surface area contributed by atoms with Crippen LogP contribution in [0.3, 0.4) is 0 Å². The van der Waals surface area contributed by atoms with E-state index in [0.717, 1.165) is 0 Å². The number of carboxylic acids is 1. The predicted molar refractivity (Wildman–Crippen MR) is 94.9 cm³/mol. The van der Waals surface area contributed by atoms with Gasteiger partial charge in [-0.05, 0) is 48.2 Å². The molecule has 2 aromatic carbocycles. The van der Waals surface area contributed by atoms with Crippen molar-refractivity contribution in [1.82, 2.24) is 4.90 Å². The van der Waals surface area contributed by atoms with Crippen molar-refractivity contribution in [2.45, 2.75) is 24.3 Å². The summed E-state index contributed by atoms with van der Waals surface area (Å²) in [4.78, 5) is 25.9. The normalized spacial score (nSPS) is 18.0. The van der Waals surface area contributed by atoms with Crippen molar-refractivity contribution in [2.75, 3.05) is 13.1 Å². The Bertz CT molecular complexity index is 829. The summed E-state index contributed by atoms with van der Waals surface area (Å²) in [7, 11) is 0. The number of nitrogens with zero attached hydrogens (tertiary/aromatic N) is 1. The van der Waals surface area contributed by atoms with Crippen molar-refractivity contribution in [3.8, 4) is 0 Å². The summed E-state index contributed by atoms with van der Waals surface area (Å²) in [5.41, 5.74) is 5.52. The summed E-state index contributed by atoms with van der Waals surface area (Å²) >= 11 is 0. The molecule has 142 valence electrons. The molecule has 27 heavy (non-hydrogen) atoms. The van der Waals surface area contributed by atoms with E-state index >= 15 is 0 Å². The van der Waals surface area contributed by atoms with Gasteiger partial charge in [0.2, 0.25) is 5.91 Å². The van der Waals surface area contributed by atoms with Crippen LogP contribution in [0.25, 0.3) is 0 Å². The summed E-state index contributed by atoms with van der Waals surface area (Å²) in [6.07, 6.45) is 0.498. The van der Waals surface area contributed by atoms with E-state index in [0.29, 0.717) is 24.2 Å². The number of rotatable bonds is 5. The second-order valence-electron chi connectivity index (χ2n) is 6.79. The van der Waals surface area contributed by atoms with Crippen molar-refractivity contribution < 1.29 is 23.5 Å². The van der Waals surface area contributed by atoms with Gasteiger partial charge < -0.3 is 10.8 Å². The summed E-state index contributed by atoms with van der Waals surface area (Å²) in [5, 5.41) is 9.85. The molecular formula is C20H20F2N2O3. The van der Waals surface area contributed by atoms with Crippen LogP contribution in [-0.4, -0.2) is 35.0 Å². The van der Waals surface area contributed by atoms with Gasteiger partial charge in [0.05, 0.1) is 5.41 Å². The third kappa shape index (κ3) is 3.68. The summed E-state index contributed by atoms with van der Waals surface area (Å²) in [5.74, 6) is -2.40. The Kier molecular flexibility index (Phi) is 5.23. The molecule has 1 aliphatic rings. The van der Waals surface area contributed by atoms with Gasteiger partial charge in [0, 0.05) is 13.1 Å². The molecule has 0 aliphatic carbocycles. The minimum Gasteiger partial charge on any atom is -0.481 e. The molecule has 3 N–H and O–H groups in total. The third-order valence-corrected chi connectivity index (χ3v) is 5.28. The number of primary amides is 1. The van der Waals surface area contributed by atoms with Gasteiger partial charge in [-0.1, -0.05) is 24.3 Å². The topological polar surface area (TPSA) is 83.6 Å². The minimum atomic E-state index is -1.14. The fourth-order valence-corrected chi connectivity index (χ4v) is 3.76. The van der Waals surface area contributed by atoms with E-state index in [1.165, 1.54) is 48.5 Å². The first kappa shape index (κ1) is 19.0. The molecule has 1 heterocycles. The number of nitrogens with two attached hydrogens (primary N) is 1. The van der Waals surface area contributed by atoms with E-state index in [2.05, 4.69) is 0 Å². The van der Waals surface area contributed by atoms with Gasteiger partial charge >= 0.3 is 5.97 Å². The van der Waals surface area contributed by atoms with Crippen molar-refractivity contribution in [1.29, 1.82) is 0 Å². The van der Waals surface area contributed by atoms with E-state index in [1.54, 1.807) is 4.90 Å². The van der Waals surface area contributed by atoms with Crippen molar-refractivity contribution >= 4 is 11.9 Å². The van der Waals surface area contributed by atoms with E-state index < -0.39 is 35.0 Å². The number of hydrogen-bond donors (Lipinski definition) is 2. The van der Waals surface area contributed by atoms with Gasteiger partial charge in [0.15, 0.2) is 0 Å². The zero-order valence-electron chi connectivity index (χ0n) is 14.6. The first-order valence-corrected chi connectivity index (χ1v) is 8.62.